The van der Waals surface area contributed by atoms with Gasteiger partial charge in [-0.25, -0.2) is 9.97 Å². The largest absolute Gasteiger partial charge is 0.473 e. The smallest absolute Gasteiger partial charge is 0.235 e. The number of aryl methyl sites for hydroxylation is 2. The second kappa shape index (κ2) is 7.92. The topological polar surface area (TPSA) is 35.0 Å². The summed E-state index contributed by atoms with van der Waals surface area (Å²) in [4.78, 5) is 9.43. The van der Waals surface area contributed by atoms with Gasteiger partial charge in [0.05, 0.1) is 16.4 Å². The third-order valence-corrected chi connectivity index (χ3v) is 5.53. The van der Waals surface area contributed by atoms with Crippen molar-refractivity contribution in [3.05, 3.63) is 39.6 Å². The number of hydrogen-bond donors (Lipinski definition) is 0. The van der Waals surface area contributed by atoms with E-state index in [9.17, 15) is 0 Å². The molecule has 0 amide bonds. The van der Waals surface area contributed by atoms with E-state index < -0.39 is 0 Å². The summed E-state index contributed by atoms with van der Waals surface area (Å²) in [6.45, 7) is 6.06. The predicted molar refractivity (Wildman–Crippen MR) is 104 cm³/mol. The lowest BCUT2D eigenvalue weighted by Gasteiger charge is -2.24. The van der Waals surface area contributed by atoms with Crippen LogP contribution < -0.4 is 4.74 Å². The number of rotatable bonds is 5. The van der Waals surface area contributed by atoms with E-state index in [0.29, 0.717) is 21.8 Å². The van der Waals surface area contributed by atoms with Gasteiger partial charge in [0.2, 0.25) is 5.88 Å². The Morgan fingerprint density at radius 3 is 2.48 bits per heavy atom. The fourth-order valence-electron chi connectivity index (χ4n) is 3.62. The molecular formula is C20H24Cl2N2O. The summed E-state index contributed by atoms with van der Waals surface area (Å²) in [5.41, 5.74) is 3.23. The summed E-state index contributed by atoms with van der Waals surface area (Å²) in [6, 6.07) is 5.43. The van der Waals surface area contributed by atoms with Crippen molar-refractivity contribution in [3.63, 3.8) is 0 Å². The lowest BCUT2D eigenvalue weighted by Crippen LogP contribution is -2.25. The van der Waals surface area contributed by atoms with Crippen molar-refractivity contribution >= 4 is 23.2 Å². The van der Waals surface area contributed by atoms with Crippen LogP contribution in [0.1, 0.15) is 50.4 Å². The Bertz CT molecular complexity index is 758. The molecule has 0 N–H and O–H groups in total. The Labute approximate surface area is 159 Å². The molecule has 1 aliphatic carbocycles. The maximum atomic E-state index is 6.34. The molecule has 134 valence electrons. The highest BCUT2D eigenvalue weighted by molar-refractivity contribution is 6.36. The molecule has 3 rings (SSSR count). The van der Waals surface area contributed by atoms with Crippen molar-refractivity contribution in [2.75, 3.05) is 0 Å². The van der Waals surface area contributed by atoms with E-state index in [4.69, 9.17) is 37.9 Å². The van der Waals surface area contributed by atoms with E-state index in [-0.39, 0.29) is 6.10 Å². The van der Waals surface area contributed by atoms with E-state index in [0.717, 1.165) is 29.1 Å². The first-order chi connectivity index (χ1) is 12.0. The Kier molecular flexibility index (Phi) is 5.85. The Balaban J connectivity index is 1.89. The predicted octanol–water partition coefficient (Wildman–Crippen LogP) is 6.41. The van der Waals surface area contributed by atoms with E-state index in [2.05, 4.69) is 6.92 Å². The molecule has 0 bridgehead atoms. The summed E-state index contributed by atoms with van der Waals surface area (Å²) in [6.07, 6.45) is 6.34. The van der Waals surface area contributed by atoms with Crippen LogP contribution in [-0.2, 0) is 0 Å². The van der Waals surface area contributed by atoms with Gasteiger partial charge in [0.15, 0.2) is 0 Å². The van der Waals surface area contributed by atoms with Crippen molar-refractivity contribution in [1.29, 1.82) is 0 Å². The van der Waals surface area contributed by atoms with E-state index >= 15 is 0 Å². The number of ether oxygens (including phenoxy) is 1. The maximum Gasteiger partial charge on any atom is 0.235 e. The molecule has 5 heteroatoms. The van der Waals surface area contributed by atoms with Crippen molar-refractivity contribution in [1.82, 2.24) is 9.97 Å². The standard InChI is InChI=1S/C20H24Cl2N2O/c1-4-18(14-7-5-6-8-14)25-20-13(3)23-19(12(2)24-20)16-10-9-15(21)11-17(16)22/h9-11,14,18H,4-8H2,1-3H3. The van der Waals surface area contributed by atoms with Crippen LogP contribution in [0.15, 0.2) is 18.2 Å². The normalized spacial score (nSPS) is 16.2. The van der Waals surface area contributed by atoms with Crippen molar-refractivity contribution in [3.8, 4) is 17.1 Å². The summed E-state index contributed by atoms with van der Waals surface area (Å²) in [5.74, 6) is 1.28. The molecule has 0 spiro atoms. The number of halogens is 2. The van der Waals surface area contributed by atoms with Crippen molar-refractivity contribution in [2.45, 2.75) is 59.0 Å². The first kappa shape index (κ1) is 18.5. The number of aromatic nitrogens is 2. The zero-order valence-electron chi connectivity index (χ0n) is 15.0. The van der Waals surface area contributed by atoms with Crippen LogP contribution in [0.4, 0.5) is 0 Å². The van der Waals surface area contributed by atoms with E-state index in [1.807, 2.05) is 26.0 Å². The minimum absolute atomic E-state index is 0.222. The van der Waals surface area contributed by atoms with Crippen LogP contribution >= 0.6 is 23.2 Å². The molecular weight excluding hydrogens is 355 g/mol. The molecule has 1 aromatic carbocycles. The molecule has 0 radical (unpaired) electrons. The van der Waals surface area contributed by atoms with Gasteiger partial charge < -0.3 is 4.74 Å². The van der Waals surface area contributed by atoms with Gasteiger partial charge in [-0.3, -0.25) is 0 Å². The zero-order valence-corrected chi connectivity index (χ0v) is 16.5. The van der Waals surface area contributed by atoms with Crippen LogP contribution in [0.25, 0.3) is 11.3 Å². The molecule has 1 aliphatic rings. The highest BCUT2D eigenvalue weighted by atomic mass is 35.5. The maximum absolute atomic E-state index is 6.34. The monoisotopic (exact) mass is 378 g/mol. The summed E-state index contributed by atoms with van der Waals surface area (Å²) in [5, 5.41) is 1.19. The molecule has 1 fully saturated rings. The number of nitrogens with zero attached hydrogens (tertiary/aromatic N) is 2. The molecule has 1 heterocycles. The van der Waals surface area contributed by atoms with Crippen LogP contribution in [0.2, 0.25) is 10.0 Å². The van der Waals surface area contributed by atoms with Crippen LogP contribution in [0.3, 0.4) is 0 Å². The molecule has 25 heavy (non-hydrogen) atoms. The van der Waals surface area contributed by atoms with Gasteiger partial charge in [-0.2, -0.15) is 0 Å². The Morgan fingerprint density at radius 1 is 1.12 bits per heavy atom. The first-order valence-corrected chi connectivity index (χ1v) is 9.72. The molecule has 1 aromatic heterocycles. The van der Waals surface area contributed by atoms with Gasteiger partial charge in [0.25, 0.3) is 0 Å². The molecule has 1 atom stereocenters. The van der Waals surface area contributed by atoms with Gasteiger partial charge in [0, 0.05) is 10.6 Å². The second-order valence-corrected chi connectivity index (χ2v) is 7.63. The van der Waals surface area contributed by atoms with Crippen LogP contribution in [0.5, 0.6) is 5.88 Å². The molecule has 1 unspecified atom stereocenters. The SMILES string of the molecule is CCC(Oc1nc(C)c(-c2ccc(Cl)cc2Cl)nc1C)C1CCCC1. The highest BCUT2D eigenvalue weighted by Crippen LogP contribution is 2.34. The van der Waals surface area contributed by atoms with Crippen molar-refractivity contribution in [2.24, 2.45) is 5.92 Å². The Hall–Kier alpha value is -1.32. The minimum Gasteiger partial charge on any atom is -0.473 e. The average molecular weight is 379 g/mol. The van der Waals surface area contributed by atoms with Crippen molar-refractivity contribution < 1.29 is 4.74 Å². The summed E-state index contributed by atoms with van der Waals surface area (Å²) in [7, 11) is 0. The van der Waals surface area contributed by atoms with Crippen LogP contribution in [0, 0.1) is 19.8 Å². The summed E-state index contributed by atoms with van der Waals surface area (Å²) >= 11 is 12.3. The van der Waals surface area contributed by atoms with Gasteiger partial charge in [-0.1, -0.05) is 43.0 Å². The van der Waals surface area contributed by atoms with Gasteiger partial charge in [-0.15, -0.1) is 0 Å². The number of benzene rings is 1. The molecule has 2 aromatic rings. The third kappa shape index (κ3) is 4.09. The van der Waals surface area contributed by atoms with Gasteiger partial charge >= 0.3 is 0 Å². The van der Waals surface area contributed by atoms with Gasteiger partial charge in [0.1, 0.15) is 11.8 Å². The minimum atomic E-state index is 0.222. The zero-order chi connectivity index (χ0) is 18.0. The highest BCUT2D eigenvalue weighted by Gasteiger charge is 2.26. The molecule has 0 aliphatic heterocycles. The first-order valence-electron chi connectivity index (χ1n) is 8.97. The lowest BCUT2D eigenvalue weighted by molar-refractivity contribution is 0.124. The molecule has 0 saturated heterocycles. The third-order valence-electron chi connectivity index (χ3n) is 4.98. The average Bonchev–Trinajstić information content (AvgIpc) is 3.10. The fourth-order valence-corrected chi connectivity index (χ4v) is 4.11. The van der Waals surface area contributed by atoms with E-state index in [1.165, 1.54) is 25.7 Å². The van der Waals surface area contributed by atoms with Gasteiger partial charge in [-0.05, 0) is 57.2 Å². The molecule has 1 saturated carbocycles. The molecule has 3 nitrogen and oxygen atoms in total. The summed E-state index contributed by atoms with van der Waals surface area (Å²) < 4.78 is 6.27. The van der Waals surface area contributed by atoms with Crippen LogP contribution in [-0.4, -0.2) is 16.1 Å². The quantitative estimate of drug-likeness (QED) is 0.602. The van der Waals surface area contributed by atoms with E-state index in [1.54, 1.807) is 6.07 Å². The second-order valence-electron chi connectivity index (χ2n) is 6.78. The number of hydrogen-bond acceptors (Lipinski definition) is 3. The lowest BCUT2D eigenvalue weighted by atomic mass is 9.99. The fraction of sp³-hybridized carbons (Fsp3) is 0.500. The Morgan fingerprint density at radius 2 is 1.84 bits per heavy atom.